The average molecular weight is 402 g/mol. The largest absolute Gasteiger partial charge is 0.339 e. The third-order valence-electron chi connectivity index (χ3n) is 4.37. The van der Waals surface area contributed by atoms with Gasteiger partial charge >= 0.3 is 0 Å². The first-order valence-corrected chi connectivity index (χ1v) is 9.14. The summed E-state index contributed by atoms with van der Waals surface area (Å²) in [6.07, 6.45) is 4.47. The molecule has 0 saturated carbocycles. The van der Waals surface area contributed by atoms with Gasteiger partial charge in [0.25, 0.3) is 5.91 Å². The van der Waals surface area contributed by atoms with Crippen molar-refractivity contribution in [2.24, 2.45) is 0 Å². The standard InChI is InChI=1S/C19H20BrN3O2/c20-17-6-3-15(4-7-17)5-8-18(24)22-10-12-23(13-11-22)19(25)16-2-1-9-21-14-16/h1-4,6-7,9,14H,5,8,10-13H2. The van der Waals surface area contributed by atoms with Crippen molar-refractivity contribution >= 4 is 27.7 Å². The third-order valence-corrected chi connectivity index (χ3v) is 4.90. The lowest BCUT2D eigenvalue weighted by molar-refractivity contribution is -0.132. The van der Waals surface area contributed by atoms with E-state index in [1.165, 1.54) is 0 Å². The van der Waals surface area contributed by atoms with Gasteiger partial charge in [0.05, 0.1) is 5.56 Å². The van der Waals surface area contributed by atoms with E-state index in [0.717, 1.165) is 16.5 Å². The second kappa shape index (κ2) is 8.25. The van der Waals surface area contributed by atoms with Crippen molar-refractivity contribution in [3.8, 4) is 0 Å². The summed E-state index contributed by atoms with van der Waals surface area (Å²) in [4.78, 5) is 32.4. The second-order valence-corrected chi connectivity index (χ2v) is 6.96. The molecule has 0 spiro atoms. The normalized spacial score (nSPS) is 14.4. The SMILES string of the molecule is O=C(CCc1ccc(Br)cc1)N1CCN(C(=O)c2cccnc2)CC1. The van der Waals surface area contributed by atoms with Crippen LogP contribution in [0.1, 0.15) is 22.3 Å². The van der Waals surface area contributed by atoms with Gasteiger partial charge in [-0.15, -0.1) is 0 Å². The molecule has 0 aliphatic carbocycles. The van der Waals surface area contributed by atoms with Crippen LogP contribution in [0, 0.1) is 0 Å². The molecule has 6 heteroatoms. The van der Waals surface area contributed by atoms with Crippen LogP contribution in [-0.4, -0.2) is 52.8 Å². The van der Waals surface area contributed by atoms with E-state index in [-0.39, 0.29) is 11.8 Å². The minimum atomic E-state index is -0.0185. The lowest BCUT2D eigenvalue weighted by atomic mass is 10.1. The fourth-order valence-corrected chi connectivity index (χ4v) is 3.16. The number of halogens is 1. The van der Waals surface area contributed by atoms with Gasteiger partial charge in [-0.2, -0.15) is 0 Å². The molecule has 2 aromatic rings. The van der Waals surface area contributed by atoms with Gasteiger partial charge in [-0.25, -0.2) is 0 Å². The molecule has 25 heavy (non-hydrogen) atoms. The molecule has 1 aromatic heterocycles. The van der Waals surface area contributed by atoms with Gasteiger partial charge in [-0.1, -0.05) is 28.1 Å². The zero-order valence-corrected chi connectivity index (χ0v) is 15.5. The Labute approximate surface area is 155 Å². The number of pyridine rings is 1. The minimum absolute atomic E-state index is 0.0185. The van der Waals surface area contributed by atoms with Gasteiger partial charge in [0.2, 0.25) is 5.91 Å². The molecule has 0 unspecified atom stereocenters. The molecule has 0 atom stereocenters. The first-order chi connectivity index (χ1) is 12.1. The molecule has 5 nitrogen and oxygen atoms in total. The van der Waals surface area contributed by atoms with Gasteiger partial charge in [0, 0.05) is 49.5 Å². The Morgan fingerprint density at radius 1 is 1.00 bits per heavy atom. The number of nitrogens with zero attached hydrogens (tertiary/aromatic N) is 3. The fourth-order valence-electron chi connectivity index (χ4n) is 2.89. The summed E-state index contributed by atoms with van der Waals surface area (Å²) in [6.45, 7) is 2.31. The molecule has 1 fully saturated rings. The maximum absolute atomic E-state index is 12.4. The van der Waals surface area contributed by atoms with E-state index >= 15 is 0 Å². The van der Waals surface area contributed by atoms with Crippen molar-refractivity contribution in [3.05, 3.63) is 64.4 Å². The Hall–Kier alpha value is -2.21. The topological polar surface area (TPSA) is 53.5 Å². The molecular weight excluding hydrogens is 382 g/mol. The highest BCUT2D eigenvalue weighted by atomic mass is 79.9. The van der Waals surface area contributed by atoms with Crippen LogP contribution in [0.25, 0.3) is 0 Å². The van der Waals surface area contributed by atoms with E-state index in [2.05, 4.69) is 20.9 Å². The van der Waals surface area contributed by atoms with Crippen molar-refractivity contribution < 1.29 is 9.59 Å². The number of benzene rings is 1. The van der Waals surface area contributed by atoms with Gasteiger partial charge in [0.1, 0.15) is 0 Å². The summed E-state index contributed by atoms with van der Waals surface area (Å²) < 4.78 is 1.04. The Balaban J connectivity index is 1.47. The molecular formula is C19H20BrN3O2. The highest BCUT2D eigenvalue weighted by molar-refractivity contribution is 9.10. The lowest BCUT2D eigenvalue weighted by Gasteiger charge is -2.34. The maximum atomic E-state index is 12.4. The summed E-state index contributed by atoms with van der Waals surface area (Å²) >= 11 is 3.41. The van der Waals surface area contributed by atoms with Crippen molar-refractivity contribution in [2.45, 2.75) is 12.8 Å². The van der Waals surface area contributed by atoms with Crippen LogP contribution in [-0.2, 0) is 11.2 Å². The van der Waals surface area contributed by atoms with E-state index in [9.17, 15) is 9.59 Å². The van der Waals surface area contributed by atoms with Crippen molar-refractivity contribution in [3.63, 3.8) is 0 Å². The summed E-state index contributed by atoms with van der Waals surface area (Å²) in [5.74, 6) is 0.131. The zero-order chi connectivity index (χ0) is 17.6. The van der Waals surface area contributed by atoms with Crippen LogP contribution in [0.5, 0.6) is 0 Å². The van der Waals surface area contributed by atoms with E-state index in [4.69, 9.17) is 0 Å². The molecule has 0 radical (unpaired) electrons. The molecule has 130 valence electrons. The Morgan fingerprint density at radius 2 is 1.68 bits per heavy atom. The highest BCUT2D eigenvalue weighted by Crippen LogP contribution is 2.13. The Kier molecular flexibility index (Phi) is 5.81. The number of aryl methyl sites for hydroxylation is 1. The van der Waals surface area contributed by atoms with E-state index in [0.29, 0.717) is 38.2 Å². The van der Waals surface area contributed by atoms with Crippen LogP contribution in [0.2, 0.25) is 0 Å². The molecule has 1 saturated heterocycles. The fraction of sp³-hybridized carbons (Fsp3) is 0.316. The van der Waals surface area contributed by atoms with Crippen LogP contribution >= 0.6 is 15.9 Å². The molecule has 0 bridgehead atoms. The number of aromatic nitrogens is 1. The molecule has 3 rings (SSSR count). The third kappa shape index (κ3) is 4.66. The number of rotatable bonds is 4. The van der Waals surface area contributed by atoms with Gasteiger partial charge in [-0.05, 0) is 36.2 Å². The van der Waals surface area contributed by atoms with Crippen molar-refractivity contribution in [1.82, 2.24) is 14.8 Å². The quantitative estimate of drug-likeness (QED) is 0.791. The van der Waals surface area contributed by atoms with Crippen LogP contribution < -0.4 is 0 Å². The monoisotopic (exact) mass is 401 g/mol. The van der Waals surface area contributed by atoms with Crippen LogP contribution in [0.15, 0.2) is 53.3 Å². The predicted octanol–water partition coefficient (Wildman–Crippen LogP) is 2.76. The highest BCUT2D eigenvalue weighted by Gasteiger charge is 2.24. The molecule has 2 amide bonds. The first-order valence-electron chi connectivity index (χ1n) is 8.35. The maximum Gasteiger partial charge on any atom is 0.255 e. The van der Waals surface area contributed by atoms with E-state index < -0.39 is 0 Å². The van der Waals surface area contributed by atoms with E-state index in [1.54, 1.807) is 29.4 Å². The predicted molar refractivity (Wildman–Crippen MR) is 99.2 cm³/mol. The van der Waals surface area contributed by atoms with Crippen LogP contribution in [0.4, 0.5) is 0 Å². The van der Waals surface area contributed by atoms with Crippen molar-refractivity contribution in [2.75, 3.05) is 26.2 Å². The number of carbonyl (C=O) groups is 2. The van der Waals surface area contributed by atoms with E-state index in [1.807, 2.05) is 29.2 Å². The van der Waals surface area contributed by atoms with Crippen molar-refractivity contribution in [1.29, 1.82) is 0 Å². The summed E-state index contributed by atoms with van der Waals surface area (Å²) in [5.41, 5.74) is 1.75. The molecule has 1 aromatic carbocycles. The van der Waals surface area contributed by atoms with Gasteiger partial charge in [-0.3, -0.25) is 14.6 Å². The number of hydrogen-bond donors (Lipinski definition) is 0. The Bertz CT molecular complexity index is 726. The molecule has 2 heterocycles. The average Bonchev–Trinajstić information content (AvgIpc) is 2.67. The molecule has 1 aliphatic heterocycles. The number of amides is 2. The lowest BCUT2D eigenvalue weighted by Crippen LogP contribution is -2.50. The van der Waals surface area contributed by atoms with Gasteiger partial charge < -0.3 is 9.80 Å². The summed E-state index contributed by atoms with van der Waals surface area (Å²) in [6, 6.07) is 11.6. The minimum Gasteiger partial charge on any atom is -0.339 e. The number of carbonyl (C=O) groups excluding carboxylic acids is 2. The first kappa shape index (κ1) is 17.6. The summed E-state index contributed by atoms with van der Waals surface area (Å²) in [5, 5.41) is 0. The molecule has 1 aliphatic rings. The zero-order valence-electron chi connectivity index (χ0n) is 13.9. The smallest absolute Gasteiger partial charge is 0.255 e. The van der Waals surface area contributed by atoms with Crippen LogP contribution in [0.3, 0.4) is 0 Å². The second-order valence-electron chi connectivity index (χ2n) is 6.04. The summed E-state index contributed by atoms with van der Waals surface area (Å²) in [7, 11) is 0. The molecule has 0 N–H and O–H groups in total. The number of piperazine rings is 1. The van der Waals surface area contributed by atoms with Gasteiger partial charge in [0.15, 0.2) is 0 Å². The number of hydrogen-bond acceptors (Lipinski definition) is 3. The Morgan fingerprint density at radius 3 is 2.32 bits per heavy atom.